The van der Waals surface area contributed by atoms with E-state index < -0.39 is 0 Å². The second kappa shape index (κ2) is 7.61. The molecule has 0 unspecified atom stereocenters. The van der Waals surface area contributed by atoms with Crippen molar-refractivity contribution in [2.45, 2.75) is 0 Å². The first-order valence-corrected chi connectivity index (χ1v) is 9.05. The van der Waals surface area contributed by atoms with Gasteiger partial charge >= 0.3 is 0 Å². The van der Waals surface area contributed by atoms with Crippen molar-refractivity contribution >= 4 is 56.2 Å². The largest absolute Gasteiger partial charge is 0.497 e. The SMILES string of the molecule is COc1ccc(NC(=O)c2sc3c(Cl)c(OC)ccc3c2Cl)c(OC)c1. The third kappa shape index (κ3) is 3.28. The van der Waals surface area contributed by atoms with Gasteiger partial charge in [-0.1, -0.05) is 23.2 Å². The molecule has 2 aromatic carbocycles. The van der Waals surface area contributed by atoms with Gasteiger partial charge in [-0.3, -0.25) is 4.79 Å². The lowest BCUT2D eigenvalue weighted by Gasteiger charge is -2.11. The van der Waals surface area contributed by atoms with Crippen molar-refractivity contribution in [2.75, 3.05) is 26.6 Å². The molecule has 0 aliphatic carbocycles. The topological polar surface area (TPSA) is 56.8 Å². The summed E-state index contributed by atoms with van der Waals surface area (Å²) in [5.41, 5.74) is 0.510. The summed E-state index contributed by atoms with van der Waals surface area (Å²) in [5.74, 6) is 1.28. The molecule has 26 heavy (non-hydrogen) atoms. The molecule has 1 heterocycles. The first kappa shape index (κ1) is 18.6. The van der Waals surface area contributed by atoms with Gasteiger partial charge in [-0.25, -0.2) is 0 Å². The summed E-state index contributed by atoms with van der Waals surface area (Å²) < 4.78 is 16.4. The Morgan fingerprint density at radius 1 is 0.962 bits per heavy atom. The number of thiophene rings is 1. The molecule has 136 valence electrons. The van der Waals surface area contributed by atoms with Crippen molar-refractivity contribution < 1.29 is 19.0 Å². The summed E-state index contributed by atoms with van der Waals surface area (Å²) in [6, 6.07) is 8.62. The molecular weight excluding hydrogens is 397 g/mol. The standard InChI is InChI=1S/C18H15Cl2NO4S/c1-23-9-4-6-11(13(8-9)25-3)21-18(22)17-14(19)10-5-7-12(24-2)15(20)16(10)26-17/h4-8H,1-3H3,(H,21,22). The zero-order chi connectivity index (χ0) is 18.8. The number of halogens is 2. The Balaban J connectivity index is 1.98. The van der Waals surface area contributed by atoms with Gasteiger partial charge in [0, 0.05) is 11.5 Å². The van der Waals surface area contributed by atoms with Gasteiger partial charge < -0.3 is 19.5 Å². The van der Waals surface area contributed by atoms with E-state index in [0.29, 0.717) is 47.9 Å². The number of amides is 1. The maximum Gasteiger partial charge on any atom is 0.267 e. The fourth-order valence-corrected chi connectivity index (χ4v) is 4.25. The van der Waals surface area contributed by atoms with Crippen molar-refractivity contribution in [1.29, 1.82) is 0 Å². The lowest BCUT2D eigenvalue weighted by molar-refractivity contribution is 0.103. The Labute approximate surface area is 164 Å². The highest BCUT2D eigenvalue weighted by Crippen LogP contribution is 2.43. The lowest BCUT2D eigenvalue weighted by Crippen LogP contribution is -2.11. The minimum atomic E-state index is -0.352. The average molecular weight is 412 g/mol. The first-order valence-electron chi connectivity index (χ1n) is 7.48. The number of methoxy groups -OCH3 is 3. The lowest BCUT2D eigenvalue weighted by atomic mass is 10.2. The van der Waals surface area contributed by atoms with Crippen molar-refractivity contribution in [2.24, 2.45) is 0 Å². The monoisotopic (exact) mass is 411 g/mol. The van der Waals surface area contributed by atoms with Crippen LogP contribution < -0.4 is 19.5 Å². The van der Waals surface area contributed by atoms with Crippen LogP contribution in [0.25, 0.3) is 10.1 Å². The summed E-state index contributed by atoms with van der Waals surface area (Å²) in [6.45, 7) is 0. The van der Waals surface area contributed by atoms with E-state index in [-0.39, 0.29) is 5.91 Å². The maximum atomic E-state index is 12.7. The molecule has 0 bridgehead atoms. The molecule has 3 rings (SSSR count). The zero-order valence-corrected chi connectivity index (χ0v) is 16.5. The molecule has 0 radical (unpaired) electrons. The highest BCUT2D eigenvalue weighted by Gasteiger charge is 2.21. The van der Waals surface area contributed by atoms with E-state index in [0.717, 1.165) is 0 Å². The smallest absolute Gasteiger partial charge is 0.267 e. The van der Waals surface area contributed by atoms with E-state index in [4.69, 9.17) is 37.4 Å². The van der Waals surface area contributed by atoms with Crippen LogP contribution >= 0.6 is 34.5 Å². The number of carbonyl (C=O) groups excluding carboxylic acids is 1. The Kier molecular flexibility index (Phi) is 5.46. The quantitative estimate of drug-likeness (QED) is 0.603. The van der Waals surface area contributed by atoms with Gasteiger partial charge in [0.25, 0.3) is 5.91 Å². The molecule has 3 aromatic rings. The number of benzene rings is 2. The third-order valence-corrected chi connectivity index (χ3v) is 6.00. The fraction of sp³-hybridized carbons (Fsp3) is 0.167. The minimum absolute atomic E-state index is 0.347. The van der Waals surface area contributed by atoms with Gasteiger partial charge in [-0.2, -0.15) is 0 Å². The van der Waals surface area contributed by atoms with Crippen LogP contribution in [0.1, 0.15) is 9.67 Å². The van der Waals surface area contributed by atoms with Crippen molar-refractivity contribution in [3.05, 3.63) is 45.3 Å². The number of ether oxygens (including phenoxy) is 3. The Bertz CT molecular complexity index is 987. The molecule has 1 N–H and O–H groups in total. The first-order chi connectivity index (χ1) is 12.5. The second-order valence-corrected chi connectivity index (χ2v) is 7.00. The van der Waals surface area contributed by atoms with Crippen LogP contribution in [0.15, 0.2) is 30.3 Å². The van der Waals surface area contributed by atoms with E-state index in [2.05, 4.69) is 5.32 Å². The summed E-state index contributed by atoms with van der Waals surface area (Å²) >= 11 is 13.9. The zero-order valence-electron chi connectivity index (χ0n) is 14.2. The Morgan fingerprint density at radius 3 is 2.35 bits per heavy atom. The Morgan fingerprint density at radius 2 is 1.69 bits per heavy atom. The molecule has 0 saturated carbocycles. The third-order valence-electron chi connectivity index (χ3n) is 3.78. The van der Waals surface area contributed by atoms with Crippen LogP contribution in [0.2, 0.25) is 10.0 Å². The molecule has 0 spiro atoms. The molecule has 1 amide bonds. The van der Waals surface area contributed by atoms with Gasteiger partial charge in [-0.05, 0) is 24.3 Å². The van der Waals surface area contributed by atoms with Gasteiger partial charge in [-0.15, -0.1) is 11.3 Å². The molecule has 0 aliphatic heterocycles. The molecule has 0 fully saturated rings. The number of hydrogen-bond acceptors (Lipinski definition) is 5. The van der Waals surface area contributed by atoms with Crippen LogP contribution in [0.3, 0.4) is 0 Å². The van der Waals surface area contributed by atoms with Crippen molar-refractivity contribution in [3.8, 4) is 17.2 Å². The number of carbonyl (C=O) groups is 1. The number of hydrogen-bond donors (Lipinski definition) is 1. The summed E-state index contributed by atoms with van der Waals surface area (Å²) in [5, 5.41) is 4.29. The van der Waals surface area contributed by atoms with E-state index in [9.17, 15) is 4.79 Å². The normalized spacial score (nSPS) is 10.7. The van der Waals surface area contributed by atoms with E-state index >= 15 is 0 Å². The van der Waals surface area contributed by atoms with Crippen LogP contribution in [0.5, 0.6) is 17.2 Å². The predicted molar refractivity (Wildman–Crippen MR) is 106 cm³/mol. The molecule has 5 nitrogen and oxygen atoms in total. The molecule has 0 aliphatic rings. The summed E-state index contributed by atoms with van der Waals surface area (Å²) in [6.07, 6.45) is 0. The van der Waals surface area contributed by atoms with Crippen molar-refractivity contribution in [3.63, 3.8) is 0 Å². The number of anilines is 1. The van der Waals surface area contributed by atoms with E-state index in [1.54, 1.807) is 37.4 Å². The van der Waals surface area contributed by atoms with Gasteiger partial charge in [0.2, 0.25) is 0 Å². The average Bonchev–Trinajstić information content (AvgIpc) is 3.00. The molecule has 0 saturated heterocycles. The molecule has 8 heteroatoms. The molecule has 0 atom stereocenters. The molecular formula is C18H15Cl2NO4S. The number of nitrogens with one attached hydrogen (secondary N) is 1. The highest BCUT2D eigenvalue weighted by molar-refractivity contribution is 7.22. The van der Waals surface area contributed by atoms with E-state index in [1.807, 2.05) is 0 Å². The van der Waals surface area contributed by atoms with E-state index in [1.165, 1.54) is 25.6 Å². The van der Waals surface area contributed by atoms with Crippen LogP contribution in [-0.2, 0) is 0 Å². The number of rotatable bonds is 5. The van der Waals surface area contributed by atoms with Crippen molar-refractivity contribution in [1.82, 2.24) is 0 Å². The molecule has 1 aromatic heterocycles. The predicted octanol–water partition coefficient (Wildman–Crippen LogP) is 5.49. The van der Waals surface area contributed by atoms with Gasteiger partial charge in [0.15, 0.2) is 0 Å². The summed E-state index contributed by atoms with van der Waals surface area (Å²) in [7, 11) is 4.61. The minimum Gasteiger partial charge on any atom is -0.497 e. The van der Waals surface area contributed by atoms with Crippen LogP contribution in [0, 0.1) is 0 Å². The number of fused-ring (bicyclic) bond motifs is 1. The Hall–Kier alpha value is -2.15. The van der Waals surface area contributed by atoms with Gasteiger partial charge in [0.05, 0.1) is 36.7 Å². The van der Waals surface area contributed by atoms with Gasteiger partial charge in [0.1, 0.15) is 27.1 Å². The fourth-order valence-electron chi connectivity index (χ4n) is 2.46. The van der Waals surface area contributed by atoms with Crippen LogP contribution in [-0.4, -0.2) is 27.2 Å². The summed E-state index contributed by atoms with van der Waals surface area (Å²) in [4.78, 5) is 13.1. The maximum absolute atomic E-state index is 12.7. The van der Waals surface area contributed by atoms with Crippen LogP contribution in [0.4, 0.5) is 5.69 Å². The highest BCUT2D eigenvalue weighted by atomic mass is 35.5. The second-order valence-electron chi connectivity index (χ2n) is 5.22.